The average molecular weight is 770 g/mol. The number of hydrogen-bond donors (Lipinski definition) is 2. The van der Waals surface area contributed by atoms with Crippen molar-refractivity contribution < 1.29 is 32.3 Å². The zero-order valence-corrected chi connectivity index (χ0v) is 31.4. The van der Waals surface area contributed by atoms with Crippen LogP contribution in [0.5, 0.6) is 0 Å². The lowest BCUT2D eigenvalue weighted by molar-refractivity contribution is -0.150. The standard InChI is InChI=1S/C35H44ClN9O7S/c1-23-20-45-31(18-28(40-45)29-5-3-4-11-44(29)35(48)26-17-25(36)6-7-27(26)41-53(2,49)50)39-34(23)43-21-24(19-37)30(22-43)52-33(47)9-8-32(46)38-10-12-42-13-15-51-16-14-42/h6-7,17-18,20,24,29-30,41H,3-5,8-16,21-22H2,1-2H3,(H,38,46)/t24-,29+,30+/m1/s1. The third-order valence-electron chi connectivity index (χ3n) is 9.66. The minimum atomic E-state index is -3.65. The summed E-state index contributed by atoms with van der Waals surface area (Å²) in [4.78, 5) is 49.8. The van der Waals surface area contributed by atoms with E-state index in [0.29, 0.717) is 61.5 Å². The number of aromatic nitrogens is 3. The van der Waals surface area contributed by atoms with Crippen LogP contribution in [-0.4, -0.2) is 122 Å². The molecule has 0 bridgehead atoms. The van der Waals surface area contributed by atoms with Gasteiger partial charge < -0.3 is 24.6 Å². The van der Waals surface area contributed by atoms with Crippen molar-refractivity contribution in [1.29, 1.82) is 5.26 Å². The highest BCUT2D eigenvalue weighted by Crippen LogP contribution is 2.35. The highest BCUT2D eigenvalue weighted by Gasteiger charge is 2.38. The number of piperidine rings is 1. The van der Waals surface area contributed by atoms with Gasteiger partial charge in [-0.3, -0.25) is 24.0 Å². The molecule has 3 aromatic rings. The first kappa shape index (κ1) is 38.2. The molecule has 3 aliphatic rings. The van der Waals surface area contributed by atoms with Crippen molar-refractivity contribution in [2.75, 3.05) is 74.9 Å². The zero-order valence-electron chi connectivity index (χ0n) is 29.8. The van der Waals surface area contributed by atoms with Crippen LogP contribution in [0.1, 0.15) is 59.8 Å². The molecule has 2 amide bonds. The largest absolute Gasteiger partial charge is 0.459 e. The molecule has 0 aliphatic carbocycles. The Hall–Kier alpha value is -4.50. The molecule has 3 atom stereocenters. The van der Waals surface area contributed by atoms with Crippen molar-refractivity contribution in [2.24, 2.45) is 5.92 Å². The van der Waals surface area contributed by atoms with Crippen molar-refractivity contribution in [2.45, 2.75) is 51.2 Å². The van der Waals surface area contributed by atoms with E-state index in [9.17, 15) is 28.1 Å². The van der Waals surface area contributed by atoms with Gasteiger partial charge in [-0.15, -0.1) is 0 Å². The van der Waals surface area contributed by atoms with Crippen LogP contribution >= 0.6 is 11.6 Å². The molecule has 6 rings (SSSR count). The summed E-state index contributed by atoms with van der Waals surface area (Å²) in [6, 6.07) is 8.15. The van der Waals surface area contributed by atoms with Gasteiger partial charge in [0.25, 0.3) is 5.91 Å². The first-order valence-electron chi connectivity index (χ1n) is 17.7. The number of nitriles is 1. The molecule has 0 saturated carbocycles. The van der Waals surface area contributed by atoms with Gasteiger partial charge in [0.2, 0.25) is 15.9 Å². The molecule has 0 unspecified atom stereocenters. The number of hydrogen-bond acceptors (Lipinski definition) is 12. The summed E-state index contributed by atoms with van der Waals surface area (Å²) < 4.78 is 39.2. The first-order valence-corrected chi connectivity index (χ1v) is 20.0. The molecular weight excluding hydrogens is 726 g/mol. The number of amides is 2. The topological polar surface area (TPSA) is 192 Å². The fraction of sp³-hybridized carbons (Fsp3) is 0.543. The average Bonchev–Trinajstić information content (AvgIpc) is 3.74. The molecule has 0 spiro atoms. The molecule has 16 nitrogen and oxygen atoms in total. The van der Waals surface area contributed by atoms with E-state index >= 15 is 0 Å². The van der Waals surface area contributed by atoms with E-state index in [-0.39, 0.29) is 42.5 Å². The molecule has 3 fully saturated rings. The van der Waals surface area contributed by atoms with Crippen molar-refractivity contribution in [3.63, 3.8) is 0 Å². The van der Waals surface area contributed by atoms with Crippen molar-refractivity contribution in [3.8, 4) is 6.07 Å². The smallest absolute Gasteiger partial charge is 0.306 e. The number of carbonyl (C=O) groups is 3. The monoisotopic (exact) mass is 769 g/mol. The molecule has 3 saturated heterocycles. The quantitative estimate of drug-likeness (QED) is 0.257. The van der Waals surface area contributed by atoms with E-state index in [4.69, 9.17) is 31.2 Å². The van der Waals surface area contributed by atoms with Crippen LogP contribution in [0.4, 0.5) is 11.5 Å². The normalized spacial score (nSPS) is 21.0. The first-order chi connectivity index (χ1) is 25.4. The number of esters is 1. The zero-order chi connectivity index (χ0) is 37.7. The lowest BCUT2D eigenvalue weighted by Gasteiger charge is -2.35. The van der Waals surface area contributed by atoms with E-state index in [1.54, 1.807) is 9.42 Å². The molecule has 284 valence electrons. The second-order valence-corrected chi connectivity index (χ2v) is 15.9. The fourth-order valence-electron chi connectivity index (χ4n) is 7.02. The third-order valence-corrected chi connectivity index (χ3v) is 10.5. The lowest BCUT2D eigenvalue weighted by Crippen LogP contribution is -2.41. The maximum atomic E-state index is 14.0. The Kier molecular flexibility index (Phi) is 12.0. The predicted octanol–water partition coefficient (Wildman–Crippen LogP) is 2.53. The van der Waals surface area contributed by atoms with Gasteiger partial charge in [0.15, 0.2) is 5.65 Å². The number of nitrogens with zero attached hydrogens (tertiary/aromatic N) is 7. The maximum absolute atomic E-state index is 14.0. The second kappa shape index (κ2) is 16.7. The van der Waals surface area contributed by atoms with Crippen LogP contribution in [0.3, 0.4) is 0 Å². The molecule has 0 radical (unpaired) electrons. The number of morpholine rings is 1. The van der Waals surface area contributed by atoms with Crippen LogP contribution in [0.2, 0.25) is 5.02 Å². The van der Waals surface area contributed by atoms with Crippen LogP contribution < -0.4 is 14.9 Å². The SMILES string of the molecule is Cc1cn2nc([C@@H]3CCCCN3C(=O)c3cc(Cl)ccc3NS(C)(=O)=O)cc2nc1N1C[C@@H](C#N)[C@@H](OC(=O)CCC(=O)NCCN2CCOCC2)C1. The molecule has 18 heteroatoms. The maximum Gasteiger partial charge on any atom is 0.306 e. The number of halogens is 1. The van der Waals surface area contributed by atoms with Gasteiger partial charge in [-0.05, 0) is 44.4 Å². The predicted molar refractivity (Wildman–Crippen MR) is 196 cm³/mol. The van der Waals surface area contributed by atoms with E-state index in [0.717, 1.165) is 44.3 Å². The Bertz CT molecular complexity index is 2000. The van der Waals surface area contributed by atoms with Crippen LogP contribution in [0.25, 0.3) is 5.65 Å². The third kappa shape index (κ3) is 9.55. The summed E-state index contributed by atoms with van der Waals surface area (Å²) in [7, 11) is -3.65. The van der Waals surface area contributed by atoms with Crippen LogP contribution in [0.15, 0.2) is 30.5 Å². The molecule has 2 aromatic heterocycles. The molecule has 5 heterocycles. The van der Waals surface area contributed by atoms with Gasteiger partial charge in [0.05, 0.1) is 61.5 Å². The summed E-state index contributed by atoms with van der Waals surface area (Å²) in [5.41, 5.74) is 2.25. The summed E-state index contributed by atoms with van der Waals surface area (Å²) in [6.45, 7) is 7.13. The van der Waals surface area contributed by atoms with E-state index in [1.165, 1.54) is 18.2 Å². The van der Waals surface area contributed by atoms with Crippen LogP contribution in [-0.2, 0) is 29.1 Å². The number of benzene rings is 1. The number of aryl methyl sites for hydroxylation is 1. The summed E-state index contributed by atoms with van der Waals surface area (Å²) >= 11 is 6.24. The number of likely N-dealkylation sites (tertiary alicyclic amines) is 1. The van der Waals surface area contributed by atoms with Gasteiger partial charge in [0, 0.05) is 68.5 Å². The number of sulfonamides is 1. The number of carbonyl (C=O) groups excluding carboxylic acids is 3. The van der Waals surface area contributed by atoms with Crippen LogP contribution in [0, 0.1) is 24.2 Å². The van der Waals surface area contributed by atoms with Crippen molar-refractivity contribution in [1.82, 2.24) is 29.7 Å². The Morgan fingerprint density at radius 3 is 2.66 bits per heavy atom. The number of nitrogens with one attached hydrogen (secondary N) is 2. The molecule has 3 aliphatic heterocycles. The second-order valence-electron chi connectivity index (χ2n) is 13.7. The van der Waals surface area contributed by atoms with Crippen molar-refractivity contribution in [3.05, 3.63) is 52.3 Å². The number of ether oxygens (including phenoxy) is 2. The molecule has 2 N–H and O–H groups in total. The summed E-state index contributed by atoms with van der Waals surface area (Å²) in [6.07, 6.45) is 4.36. The molecule has 1 aromatic carbocycles. The van der Waals surface area contributed by atoms with Gasteiger partial charge >= 0.3 is 5.97 Å². The molecular formula is C35H44ClN9O7S. The number of anilines is 2. The minimum absolute atomic E-state index is 0.00170. The van der Waals surface area contributed by atoms with Gasteiger partial charge in [-0.2, -0.15) is 10.4 Å². The number of fused-ring (bicyclic) bond motifs is 1. The van der Waals surface area contributed by atoms with E-state index in [2.05, 4.69) is 21.0 Å². The Morgan fingerprint density at radius 1 is 1.11 bits per heavy atom. The van der Waals surface area contributed by atoms with Gasteiger partial charge in [0.1, 0.15) is 17.8 Å². The van der Waals surface area contributed by atoms with Crippen molar-refractivity contribution >= 4 is 56.6 Å². The highest BCUT2D eigenvalue weighted by atomic mass is 35.5. The summed E-state index contributed by atoms with van der Waals surface area (Å²) in [5, 5.41) is 17.9. The van der Waals surface area contributed by atoms with Gasteiger partial charge in [-0.1, -0.05) is 11.6 Å². The van der Waals surface area contributed by atoms with E-state index < -0.39 is 34.1 Å². The Labute approximate surface area is 313 Å². The van der Waals surface area contributed by atoms with Gasteiger partial charge in [-0.25, -0.2) is 17.9 Å². The Balaban J connectivity index is 1.11. The Morgan fingerprint density at radius 2 is 1.91 bits per heavy atom. The highest BCUT2D eigenvalue weighted by molar-refractivity contribution is 7.92. The lowest BCUT2D eigenvalue weighted by atomic mass is 9.98. The number of rotatable bonds is 12. The summed E-state index contributed by atoms with van der Waals surface area (Å²) in [5.74, 6) is -1.10. The molecule has 53 heavy (non-hydrogen) atoms. The minimum Gasteiger partial charge on any atom is -0.459 e. The van der Waals surface area contributed by atoms with E-state index in [1.807, 2.05) is 24.1 Å². The fourth-order valence-corrected chi connectivity index (χ4v) is 7.77.